The zero-order valence-corrected chi connectivity index (χ0v) is 17.7. The Hall–Kier alpha value is -2.86. The van der Waals surface area contributed by atoms with Gasteiger partial charge in [-0.2, -0.15) is 0 Å². The fourth-order valence-corrected chi connectivity index (χ4v) is 3.64. The van der Waals surface area contributed by atoms with Crippen LogP contribution < -0.4 is 16.4 Å². The van der Waals surface area contributed by atoms with Gasteiger partial charge in [0.2, 0.25) is 0 Å². The zero-order valence-electron chi connectivity index (χ0n) is 16.2. The van der Waals surface area contributed by atoms with Crippen LogP contribution in [0.1, 0.15) is 5.56 Å². The van der Waals surface area contributed by atoms with Gasteiger partial charge in [0.05, 0.1) is 10.5 Å². The average Bonchev–Trinajstić information content (AvgIpc) is 2.77. The third-order valence-corrected chi connectivity index (χ3v) is 5.26. The third-order valence-electron chi connectivity index (χ3n) is 4.71. The highest BCUT2D eigenvalue weighted by molar-refractivity contribution is 6.36. The molecule has 0 unspecified atom stereocenters. The van der Waals surface area contributed by atoms with Gasteiger partial charge < -0.3 is 16.4 Å². The standard InChI is InChI=1S/C23H21Cl2N5/c24-16-7-10-18(20(25)13-16)23-29-21-4-2-1-3-19(21)22(30-23)28-12-11-27-17-8-5-15(14-26)6-9-17/h1-10,13,27H,11-12,14,26H2,(H,28,29,30). The molecule has 0 bridgehead atoms. The van der Waals surface area contributed by atoms with Gasteiger partial charge in [-0.1, -0.05) is 47.5 Å². The summed E-state index contributed by atoms with van der Waals surface area (Å²) in [6.07, 6.45) is 0. The summed E-state index contributed by atoms with van der Waals surface area (Å²) < 4.78 is 0. The first-order chi connectivity index (χ1) is 14.6. The molecule has 1 heterocycles. The van der Waals surface area contributed by atoms with Crippen molar-refractivity contribution in [3.63, 3.8) is 0 Å². The Kier molecular flexibility index (Phi) is 6.33. The number of halogens is 2. The van der Waals surface area contributed by atoms with Crippen LogP contribution in [0.25, 0.3) is 22.3 Å². The van der Waals surface area contributed by atoms with Gasteiger partial charge >= 0.3 is 0 Å². The lowest BCUT2D eigenvalue weighted by molar-refractivity contribution is 1.05. The molecule has 0 radical (unpaired) electrons. The number of para-hydroxylation sites is 1. The zero-order chi connectivity index (χ0) is 20.9. The Balaban J connectivity index is 1.53. The van der Waals surface area contributed by atoms with Crippen LogP contribution in [0.4, 0.5) is 11.5 Å². The van der Waals surface area contributed by atoms with E-state index in [1.807, 2.05) is 54.6 Å². The summed E-state index contributed by atoms with van der Waals surface area (Å²) in [5.41, 5.74) is 9.40. The Morgan fingerprint density at radius 2 is 1.60 bits per heavy atom. The number of rotatable bonds is 7. The fourth-order valence-electron chi connectivity index (χ4n) is 3.15. The molecule has 4 rings (SSSR count). The Morgan fingerprint density at radius 3 is 2.37 bits per heavy atom. The smallest absolute Gasteiger partial charge is 0.163 e. The van der Waals surface area contributed by atoms with Crippen LogP contribution in [0.3, 0.4) is 0 Å². The molecule has 3 aromatic carbocycles. The molecule has 0 saturated carbocycles. The number of hydrogen-bond acceptors (Lipinski definition) is 5. The van der Waals surface area contributed by atoms with Gasteiger partial charge in [0, 0.05) is 41.3 Å². The molecule has 152 valence electrons. The van der Waals surface area contributed by atoms with Crippen LogP contribution in [-0.4, -0.2) is 23.1 Å². The van der Waals surface area contributed by atoms with Gasteiger partial charge in [-0.05, 0) is 48.0 Å². The molecule has 0 atom stereocenters. The summed E-state index contributed by atoms with van der Waals surface area (Å²) >= 11 is 12.4. The van der Waals surface area contributed by atoms with Gasteiger partial charge in [-0.3, -0.25) is 0 Å². The number of benzene rings is 3. The number of nitrogens with one attached hydrogen (secondary N) is 2. The van der Waals surface area contributed by atoms with Crippen LogP contribution in [0.5, 0.6) is 0 Å². The minimum absolute atomic E-state index is 0.520. The first-order valence-electron chi connectivity index (χ1n) is 9.63. The van der Waals surface area contributed by atoms with Crippen molar-refractivity contribution in [3.05, 3.63) is 82.3 Å². The summed E-state index contributed by atoms with van der Waals surface area (Å²) in [5, 5.41) is 8.87. The molecule has 0 spiro atoms. The number of nitrogens with zero attached hydrogens (tertiary/aromatic N) is 2. The van der Waals surface area contributed by atoms with Crippen molar-refractivity contribution in [1.82, 2.24) is 9.97 Å². The minimum Gasteiger partial charge on any atom is -0.383 e. The SMILES string of the molecule is NCc1ccc(NCCNc2nc(-c3ccc(Cl)cc3Cl)nc3ccccc23)cc1. The van der Waals surface area contributed by atoms with Crippen molar-refractivity contribution in [2.24, 2.45) is 5.73 Å². The monoisotopic (exact) mass is 437 g/mol. The summed E-state index contributed by atoms with van der Waals surface area (Å²) in [7, 11) is 0. The van der Waals surface area contributed by atoms with Gasteiger partial charge in [0.15, 0.2) is 5.82 Å². The van der Waals surface area contributed by atoms with E-state index in [2.05, 4.69) is 15.6 Å². The van der Waals surface area contributed by atoms with E-state index in [1.165, 1.54) is 0 Å². The molecule has 30 heavy (non-hydrogen) atoms. The summed E-state index contributed by atoms with van der Waals surface area (Å²) in [6.45, 7) is 1.97. The highest BCUT2D eigenvalue weighted by atomic mass is 35.5. The lowest BCUT2D eigenvalue weighted by Crippen LogP contribution is -2.15. The van der Waals surface area contributed by atoms with Crippen LogP contribution in [0, 0.1) is 0 Å². The second-order valence-electron chi connectivity index (χ2n) is 6.79. The van der Waals surface area contributed by atoms with E-state index in [-0.39, 0.29) is 0 Å². The number of fused-ring (bicyclic) bond motifs is 1. The Morgan fingerprint density at radius 1 is 0.833 bits per heavy atom. The lowest BCUT2D eigenvalue weighted by atomic mass is 10.2. The van der Waals surface area contributed by atoms with Gasteiger partial charge in [0.1, 0.15) is 5.82 Å². The second kappa shape index (κ2) is 9.30. The van der Waals surface area contributed by atoms with Crippen molar-refractivity contribution >= 4 is 45.6 Å². The minimum atomic E-state index is 0.520. The molecule has 4 aromatic rings. The summed E-state index contributed by atoms with van der Waals surface area (Å²) in [4.78, 5) is 9.42. The molecule has 0 fully saturated rings. The Labute approximate surface area is 185 Å². The predicted molar refractivity (Wildman–Crippen MR) is 126 cm³/mol. The van der Waals surface area contributed by atoms with E-state index in [1.54, 1.807) is 12.1 Å². The van der Waals surface area contributed by atoms with E-state index in [9.17, 15) is 0 Å². The maximum Gasteiger partial charge on any atom is 0.163 e. The topological polar surface area (TPSA) is 75.9 Å². The van der Waals surface area contributed by atoms with E-state index < -0.39 is 0 Å². The molecule has 7 heteroatoms. The van der Waals surface area contributed by atoms with E-state index in [0.717, 1.165) is 40.1 Å². The molecule has 0 aliphatic rings. The molecule has 0 aliphatic carbocycles. The van der Waals surface area contributed by atoms with Crippen LogP contribution in [-0.2, 0) is 6.54 Å². The molecule has 1 aromatic heterocycles. The molecule has 0 amide bonds. The van der Waals surface area contributed by atoms with Crippen molar-refractivity contribution in [2.75, 3.05) is 23.7 Å². The largest absolute Gasteiger partial charge is 0.383 e. The number of hydrogen-bond donors (Lipinski definition) is 3. The summed E-state index contributed by atoms with van der Waals surface area (Å²) in [5.74, 6) is 1.32. The normalized spacial score (nSPS) is 10.9. The lowest BCUT2D eigenvalue weighted by Gasteiger charge is -2.13. The molecule has 5 nitrogen and oxygen atoms in total. The molecule has 0 saturated heterocycles. The molecule has 0 aliphatic heterocycles. The quantitative estimate of drug-likeness (QED) is 0.328. The Bertz CT molecular complexity index is 1160. The predicted octanol–water partition coefficient (Wildman–Crippen LogP) is 5.59. The van der Waals surface area contributed by atoms with E-state index in [0.29, 0.717) is 29.0 Å². The maximum atomic E-state index is 6.38. The first kappa shape index (κ1) is 20.4. The van der Waals surface area contributed by atoms with Gasteiger partial charge in [-0.25, -0.2) is 9.97 Å². The average molecular weight is 438 g/mol. The second-order valence-corrected chi connectivity index (χ2v) is 7.64. The number of aromatic nitrogens is 2. The first-order valence-corrected chi connectivity index (χ1v) is 10.4. The third kappa shape index (κ3) is 4.65. The van der Waals surface area contributed by atoms with Gasteiger partial charge in [-0.15, -0.1) is 0 Å². The van der Waals surface area contributed by atoms with Crippen LogP contribution >= 0.6 is 23.2 Å². The number of anilines is 2. The fraction of sp³-hybridized carbons (Fsp3) is 0.130. The van der Waals surface area contributed by atoms with Crippen molar-refractivity contribution in [3.8, 4) is 11.4 Å². The van der Waals surface area contributed by atoms with Crippen molar-refractivity contribution in [2.45, 2.75) is 6.54 Å². The maximum absolute atomic E-state index is 6.38. The van der Waals surface area contributed by atoms with E-state index >= 15 is 0 Å². The van der Waals surface area contributed by atoms with Crippen molar-refractivity contribution in [1.29, 1.82) is 0 Å². The molecule has 4 N–H and O–H groups in total. The highest BCUT2D eigenvalue weighted by Gasteiger charge is 2.12. The number of nitrogens with two attached hydrogens (primary N) is 1. The van der Waals surface area contributed by atoms with E-state index in [4.69, 9.17) is 33.9 Å². The van der Waals surface area contributed by atoms with Crippen LogP contribution in [0.15, 0.2) is 66.7 Å². The molecular formula is C23H21Cl2N5. The van der Waals surface area contributed by atoms with Gasteiger partial charge in [0.25, 0.3) is 0 Å². The molecular weight excluding hydrogens is 417 g/mol. The van der Waals surface area contributed by atoms with Crippen molar-refractivity contribution < 1.29 is 0 Å². The van der Waals surface area contributed by atoms with Crippen LogP contribution in [0.2, 0.25) is 10.0 Å². The summed E-state index contributed by atoms with van der Waals surface area (Å²) in [6, 6.07) is 21.3. The highest BCUT2D eigenvalue weighted by Crippen LogP contribution is 2.31.